The van der Waals surface area contributed by atoms with Crippen molar-refractivity contribution in [3.63, 3.8) is 0 Å². The van der Waals surface area contributed by atoms with Gasteiger partial charge < -0.3 is 0 Å². The van der Waals surface area contributed by atoms with E-state index in [4.69, 9.17) is 11.6 Å². The SMILES string of the molecule is O=C(CCCl)c1ccc(-c2ccc([N+](=O)[O-])cc2)cc1. The van der Waals surface area contributed by atoms with Crippen molar-refractivity contribution in [2.75, 3.05) is 5.88 Å². The Labute approximate surface area is 121 Å². The second-order valence-corrected chi connectivity index (χ2v) is 4.62. The van der Waals surface area contributed by atoms with Crippen LogP contribution in [0.5, 0.6) is 0 Å². The number of benzene rings is 2. The first-order valence-corrected chi connectivity index (χ1v) is 6.59. The Balaban J connectivity index is 2.21. The number of ketones is 1. The molecular weight excluding hydrogens is 278 g/mol. The van der Waals surface area contributed by atoms with Gasteiger partial charge in [0.25, 0.3) is 5.69 Å². The highest BCUT2D eigenvalue weighted by atomic mass is 35.5. The van der Waals surface area contributed by atoms with E-state index in [2.05, 4.69) is 0 Å². The number of non-ortho nitro benzene ring substituents is 1. The number of Topliss-reactive ketones (excluding diaryl/α,β-unsaturated/α-hetero) is 1. The van der Waals surface area contributed by atoms with Crippen molar-refractivity contribution >= 4 is 23.1 Å². The highest BCUT2D eigenvalue weighted by molar-refractivity contribution is 6.19. The number of alkyl halides is 1. The number of nitro groups is 1. The highest BCUT2D eigenvalue weighted by Crippen LogP contribution is 2.23. The van der Waals surface area contributed by atoms with Crippen molar-refractivity contribution in [2.24, 2.45) is 0 Å². The Morgan fingerprint density at radius 2 is 1.50 bits per heavy atom. The van der Waals surface area contributed by atoms with E-state index >= 15 is 0 Å². The third-order valence-corrected chi connectivity index (χ3v) is 3.13. The van der Waals surface area contributed by atoms with Gasteiger partial charge in [-0.25, -0.2) is 0 Å². The van der Waals surface area contributed by atoms with Crippen molar-refractivity contribution < 1.29 is 9.72 Å². The van der Waals surface area contributed by atoms with Crippen LogP contribution in [0.2, 0.25) is 0 Å². The van der Waals surface area contributed by atoms with Crippen molar-refractivity contribution in [3.8, 4) is 11.1 Å². The maximum absolute atomic E-state index is 11.7. The maximum Gasteiger partial charge on any atom is 0.269 e. The lowest BCUT2D eigenvalue weighted by molar-refractivity contribution is -0.384. The zero-order valence-electron chi connectivity index (χ0n) is 10.6. The molecule has 4 nitrogen and oxygen atoms in total. The number of carbonyl (C=O) groups excluding carboxylic acids is 1. The molecule has 0 saturated heterocycles. The molecule has 5 heteroatoms. The topological polar surface area (TPSA) is 60.2 Å². The average Bonchev–Trinajstić information content (AvgIpc) is 2.48. The van der Waals surface area contributed by atoms with Gasteiger partial charge in [-0.15, -0.1) is 11.6 Å². The standard InChI is InChI=1S/C15H12ClNO3/c16-10-9-15(18)13-3-1-11(2-4-13)12-5-7-14(8-6-12)17(19)20/h1-8H,9-10H2. The summed E-state index contributed by atoms with van der Waals surface area (Å²) in [5, 5.41) is 10.6. The van der Waals surface area contributed by atoms with Crippen molar-refractivity contribution in [1.82, 2.24) is 0 Å². The van der Waals surface area contributed by atoms with E-state index in [-0.39, 0.29) is 11.5 Å². The number of halogens is 1. The molecule has 0 heterocycles. The van der Waals surface area contributed by atoms with E-state index in [9.17, 15) is 14.9 Å². The zero-order valence-corrected chi connectivity index (χ0v) is 11.3. The summed E-state index contributed by atoms with van der Waals surface area (Å²) in [7, 11) is 0. The third-order valence-electron chi connectivity index (χ3n) is 2.94. The summed E-state index contributed by atoms with van der Waals surface area (Å²) < 4.78 is 0. The van der Waals surface area contributed by atoms with Crippen molar-refractivity contribution in [3.05, 3.63) is 64.2 Å². The van der Waals surface area contributed by atoms with Crippen LogP contribution in [0, 0.1) is 10.1 Å². The van der Waals surface area contributed by atoms with Crippen LogP contribution in [0.25, 0.3) is 11.1 Å². The van der Waals surface area contributed by atoms with Gasteiger partial charge in [0, 0.05) is 30.0 Å². The van der Waals surface area contributed by atoms with Crippen molar-refractivity contribution in [1.29, 1.82) is 0 Å². The summed E-state index contributed by atoms with van der Waals surface area (Å²) in [5.74, 6) is 0.318. The van der Waals surface area contributed by atoms with E-state index < -0.39 is 4.92 Å². The summed E-state index contributed by atoms with van der Waals surface area (Å²) in [5.41, 5.74) is 2.45. The quantitative estimate of drug-likeness (QED) is 0.361. The fraction of sp³-hybridized carbons (Fsp3) is 0.133. The summed E-state index contributed by atoms with van der Waals surface area (Å²) in [4.78, 5) is 21.8. The Morgan fingerprint density at radius 1 is 1.00 bits per heavy atom. The molecule has 0 spiro atoms. The largest absolute Gasteiger partial charge is 0.294 e. The van der Waals surface area contributed by atoms with E-state index in [1.807, 2.05) is 12.1 Å². The average molecular weight is 290 g/mol. The maximum atomic E-state index is 11.7. The number of hydrogen-bond acceptors (Lipinski definition) is 3. The van der Waals surface area contributed by atoms with Gasteiger partial charge in [0.2, 0.25) is 0 Å². The van der Waals surface area contributed by atoms with Crippen molar-refractivity contribution in [2.45, 2.75) is 6.42 Å². The fourth-order valence-electron chi connectivity index (χ4n) is 1.85. The normalized spacial score (nSPS) is 10.2. The van der Waals surface area contributed by atoms with Crippen LogP contribution >= 0.6 is 11.6 Å². The van der Waals surface area contributed by atoms with E-state index in [1.54, 1.807) is 24.3 Å². The number of nitrogens with zero attached hydrogens (tertiary/aromatic N) is 1. The van der Waals surface area contributed by atoms with E-state index in [0.29, 0.717) is 17.9 Å². The number of hydrogen-bond donors (Lipinski definition) is 0. The second-order valence-electron chi connectivity index (χ2n) is 4.24. The molecular formula is C15H12ClNO3. The lowest BCUT2D eigenvalue weighted by atomic mass is 10.0. The molecule has 102 valence electrons. The Bertz CT molecular complexity index is 621. The van der Waals surface area contributed by atoms with Crippen LogP contribution in [0.1, 0.15) is 16.8 Å². The van der Waals surface area contributed by atoms with Gasteiger partial charge in [0.1, 0.15) is 0 Å². The summed E-state index contributed by atoms with van der Waals surface area (Å²) >= 11 is 5.54. The molecule has 0 N–H and O–H groups in total. The van der Waals surface area contributed by atoms with Gasteiger partial charge in [-0.2, -0.15) is 0 Å². The Kier molecular flexibility index (Phi) is 4.48. The monoisotopic (exact) mass is 289 g/mol. The highest BCUT2D eigenvalue weighted by Gasteiger charge is 2.07. The van der Waals surface area contributed by atoms with Gasteiger partial charge in [0.05, 0.1) is 4.92 Å². The van der Waals surface area contributed by atoms with E-state index in [0.717, 1.165) is 11.1 Å². The molecule has 0 aliphatic rings. The predicted octanol–water partition coefficient (Wildman–Crippen LogP) is 4.07. The summed E-state index contributed by atoms with van der Waals surface area (Å²) in [6, 6.07) is 13.4. The van der Waals surface area contributed by atoms with Crippen LogP contribution in [0.3, 0.4) is 0 Å². The molecule has 0 aliphatic carbocycles. The number of nitro benzene ring substituents is 1. The number of carbonyl (C=O) groups is 1. The second kappa shape index (κ2) is 6.30. The first kappa shape index (κ1) is 14.2. The number of rotatable bonds is 5. The molecule has 0 radical (unpaired) electrons. The molecule has 0 unspecified atom stereocenters. The van der Waals surface area contributed by atoms with Crippen LogP contribution in [0.15, 0.2) is 48.5 Å². The van der Waals surface area contributed by atoms with Gasteiger partial charge in [-0.1, -0.05) is 24.3 Å². The molecule has 0 saturated carbocycles. The summed E-state index contributed by atoms with van der Waals surface area (Å²) in [6.45, 7) is 0. The van der Waals surface area contributed by atoms with Crippen LogP contribution in [-0.4, -0.2) is 16.6 Å². The molecule has 2 rings (SSSR count). The smallest absolute Gasteiger partial charge is 0.269 e. The van der Waals surface area contributed by atoms with Crippen LogP contribution in [0.4, 0.5) is 5.69 Å². The molecule has 20 heavy (non-hydrogen) atoms. The lowest BCUT2D eigenvalue weighted by Crippen LogP contribution is -1.99. The van der Waals surface area contributed by atoms with Gasteiger partial charge >= 0.3 is 0 Å². The first-order chi connectivity index (χ1) is 9.61. The molecule has 0 amide bonds. The fourth-order valence-corrected chi connectivity index (χ4v) is 2.03. The Hall–Kier alpha value is -2.20. The molecule has 2 aromatic carbocycles. The Morgan fingerprint density at radius 3 is 1.95 bits per heavy atom. The minimum absolute atomic E-state index is 0.00949. The molecule has 2 aromatic rings. The minimum Gasteiger partial charge on any atom is -0.294 e. The first-order valence-electron chi connectivity index (χ1n) is 6.06. The molecule has 0 aromatic heterocycles. The molecule has 0 fully saturated rings. The predicted molar refractivity (Wildman–Crippen MR) is 78.2 cm³/mol. The molecule has 0 bridgehead atoms. The van der Waals surface area contributed by atoms with E-state index in [1.165, 1.54) is 12.1 Å². The van der Waals surface area contributed by atoms with Gasteiger partial charge in [0.15, 0.2) is 5.78 Å². The molecule has 0 aliphatic heterocycles. The molecule has 0 atom stereocenters. The zero-order chi connectivity index (χ0) is 14.5. The van der Waals surface area contributed by atoms with Gasteiger partial charge in [-0.3, -0.25) is 14.9 Å². The third kappa shape index (κ3) is 3.22. The van der Waals surface area contributed by atoms with Crippen LogP contribution in [-0.2, 0) is 0 Å². The van der Waals surface area contributed by atoms with Crippen LogP contribution < -0.4 is 0 Å². The lowest BCUT2D eigenvalue weighted by Gasteiger charge is -2.03. The minimum atomic E-state index is -0.433. The summed E-state index contributed by atoms with van der Waals surface area (Å²) in [6.07, 6.45) is 0.318. The van der Waals surface area contributed by atoms with Gasteiger partial charge in [-0.05, 0) is 23.3 Å².